The molecule has 17 heavy (non-hydrogen) atoms. The van der Waals surface area contributed by atoms with Crippen molar-refractivity contribution in [2.45, 2.75) is 64.8 Å². The van der Waals surface area contributed by atoms with E-state index in [2.05, 4.69) is 18.3 Å². The van der Waals surface area contributed by atoms with Crippen LogP contribution in [-0.2, 0) is 4.79 Å². The third-order valence-electron chi connectivity index (χ3n) is 3.74. The van der Waals surface area contributed by atoms with Crippen molar-refractivity contribution in [2.75, 3.05) is 0 Å². The summed E-state index contributed by atoms with van der Waals surface area (Å²) in [4.78, 5) is 12.0. The van der Waals surface area contributed by atoms with E-state index >= 15 is 0 Å². The van der Waals surface area contributed by atoms with Gasteiger partial charge in [0, 0.05) is 6.04 Å². The fraction of sp³-hybridized carbons (Fsp3) is 0.857. The van der Waals surface area contributed by atoms with Gasteiger partial charge in [0.05, 0.1) is 6.07 Å². The summed E-state index contributed by atoms with van der Waals surface area (Å²) in [7, 11) is 0. The Labute approximate surface area is 105 Å². The van der Waals surface area contributed by atoms with Gasteiger partial charge >= 0.3 is 0 Å². The third-order valence-corrected chi connectivity index (χ3v) is 3.74. The standard InChI is InChI=1S/C14H24N2O/c1-3-7-12(10-15)14(17)16-13-9-6-4-5-8-11(13)2/h11-13H,3-9H2,1-2H3,(H,16,17). The van der Waals surface area contributed by atoms with Crippen molar-refractivity contribution in [3.05, 3.63) is 0 Å². The molecule has 3 unspecified atom stereocenters. The Morgan fingerprint density at radius 1 is 1.41 bits per heavy atom. The van der Waals surface area contributed by atoms with Gasteiger partial charge in [-0.15, -0.1) is 0 Å². The van der Waals surface area contributed by atoms with Crippen molar-refractivity contribution < 1.29 is 4.79 Å². The highest BCUT2D eigenvalue weighted by molar-refractivity contribution is 5.81. The molecule has 3 heteroatoms. The molecule has 0 saturated heterocycles. The molecule has 3 atom stereocenters. The normalized spacial score (nSPS) is 26.6. The Bertz CT molecular complexity index is 282. The van der Waals surface area contributed by atoms with Gasteiger partial charge < -0.3 is 5.32 Å². The number of hydrogen-bond donors (Lipinski definition) is 1. The van der Waals surface area contributed by atoms with Crippen LogP contribution in [0.2, 0.25) is 0 Å². The highest BCUT2D eigenvalue weighted by atomic mass is 16.1. The summed E-state index contributed by atoms with van der Waals surface area (Å²) in [5.74, 6) is 0.0194. The first-order valence-electron chi connectivity index (χ1n) is 6.89. The van der Waals surface area contributed by atoms with Gasteiger partial charge in [0.2, 0.25) is 5.91 Å². The lowest BCUT2D eigenvalue weighted by Gasteiger charge is -2.23. The molecule has 0 aromatic heterocycles. The van der Waals surface area contributed by atoms with Crippen LogP contribution in [0.15, 0.2) is 0 Å². The molecular formula is C14H24N2O. The average Bonchev–Trinajstić information content (AvgIpc) is 2.52. The molecule has 0 aromatic rings. The van der Waals surface area contributed by atoms with Gasteiger partial charge in [0.15, 0.2) is 0 Å². The molecular weight excluding hydrogens is 212 g/mol. The predicted molar refractivity (Wildman–Crippen MR) is 68.2 cm³/mol. The number of hydrogen-bond acceptors (Lipinski definition) is 2. The van der Waals surface area contributed by atoms with E-state index in [-0.39, 0.29) is 11.9 Å². The van der Waals surface area contributed by atoms with Gasteiger partial charge in [-0.25, -0.2) is 0 Å². The number of nitrogens with zero attached hydrogens (tertiary/aromatic N) is 1. The number of carbonyl (C=O) groups is 1. The van der Waals surface area contributed by atoms with E-state index in [9.17, 15) is 4.79 Å². The fourth-order valence-electron chi connectivity index (χ4n) is 2.53. The third kappa shape index (κ3) is 4.38. The minimum atomic E-state index is -0.463. The molecule has 0 spiro atoms. The fourth-order valence-corrected chi connectivity index (χ4v) is 2.53. The molecule has 96 valence electrons. The monoisotopic (exact) mass is 236 g/mol. The van der Waals surface area contributed by atoms with Crippen LogP contribution in [0.25, 0.3) is 0 Å². The summed E-state index contributed by atoms with van der Waals surface area (Å²) in [6, 6.07) is 2.39. The van der Waals surface area contributed by atoms with Crippen molar-refractivity contribution >= 4 is 5.91 Å². The first kappa shape index (κ1) is 14.0. The molecule has 1 N–H and O–H groups in total. The zero-order valence-electron chi connectivity index (χ0n) is 11.0. The average molecular weight is 236 g/mol. The number of nitrogens with one attached hydrogen (secondary N) is 1. The molecule has 3 nitrogen and oxygen atoms in total. The van der Waals surface area contributed by atoms with Crippen molar-refractivity contribution in [3.63, 3.8) is 0 Å². The zero-order valence-corrected chi connectivity index (χ0v) is 11.0. The summed E-state index contributed by atoms with van der Waals surface area (Å²) in [6.45, 7) is 4.21. The predicted octanol–water partition coefficient (Wildman–Crippen LogP) is 3.01. The molecule has 0 aliphatic heterocycles. The topological polar surface area (TPSA) is 52.9 Å². The molecule has 0 aromatic carbocycles. The van der Waals surface area contributed by atoms with E-state index < -0.39 is 5.92 Å². The molecule has 1 amide bonds. The van der Waals surface area contributed by atoms with Crippen molar-refractivity contribution in [3.8, 4) is 6.07 Å². The van der Waals surface area contributed by atoms with Crippen molar-refractivity contribution in [1.29, 1.82) is 5.26 Å². The smallest absolute Gasteiger partial charge is 0.237 e. The van der Waals surface area contributed by atoms with E-state index in [1.807, 2.05) is 6.92 Å². The molecule has 1 saturated carbocycles. The SMILES string of the molecule is CCCC(C#N)C(=O)NC1CCCCCC1C. The minimum absolute atomic E-state index is 0.0619. The van der Waals surface area contributed by atoms with Gasteiger partial charge in [0.25, 0.3) is 0 Å². The lowest BCUT2D eigenvalue weighted by Crippen LogP contribution is -2.41. The molecule has 0 heterocycles. The second-order valence-electron chi connectivity index (χ2n) is 5.20. The molecule has 1 rings (SSSR count). The molecule has 1 aliphatic rings. The van der Waals surface area contributed by atoms with Gasteiger partial charge in [0.1, 0.15) is 5.92 Å². The highest BCUT2D eigenvalue weighted by Crippen LogP contribution is 2.23. The van der Waals surface area contributed by atoms with E-state index in [1.54, 1.807) is 0 Å². The van der Waals surface area contributed by atoms with Crippen LogP contribution in [0.1, 0.15) is 58.8 Å². The lowest BCUT2D eigenvalue weighted by atomic mass is 9.95. The van der Waals surface area contributed by atoms with E-state index in [4.69, 9.17) is 5.26 Å². The van der Waals surface area contributed by atoms with Crippen LogP contribution in [0.5, 0.6) is 0 Å². The summed E-state index contributed by atoms with van der Waals surface area (Å²) in [5.41, 5.74) is 0. The second kappa shape index (κ2) is 7.32. The van der Waals surface area contributed by atoms with Gasteiger partial charge in [-0.1, -0.05) is 39.5 Å². The van der Waals surface area contributed by atoms with Gasteiger partial charge in [-0.05, 0) is 25.2 Å². The van der Waals surface area contributed by atoms with E-state index in [0.29, 0.717) is 12.3 Å². The van der Waals surface area contributed by atoms with Gasteiger partial charge in [-0.3, -0.25) is 4.79 Å². The quantitative estimate of drug-likeness (QED) is 0.763. The summed E-state index contributed by atoms with van der Waals surface area (Å²) >= 11 is 0. The molecule has 1 fully saturated rings. The maximum atomic E-state index is 12.0. The molecule has 0 radical (unpaired) electrons. The zero-order chi connectivity index (χ0) is 12.7. The summed E-state index contributed by atoms with van der Waals surface area (Å²) in [5, 5.41) is 12.1. The van der Waals surface area contributed by atoms with Gasteiger partial charge in [-0.2, -0.15) is 5.26 Å². The van der Waals surface area contributed by atoms with Crippen molar-refractivity contribution in [2.24, 2.45) is 11.8 Å². The molecule has 1 aliphatic carbocycles. The van der Waals surface area contributed by atoms with Crippen LogP contribution in [0, 0.1) is 23.2 Å². The second-order valence-corrected chi connectivity index (χ2v) is 5.20. The van der Waals surface area contributed by atoms with E-state index in [0.717, 1.165) is 12.8 Å². The number of nitriles is 1. The number of amides is 1. The van der Waals surface area contributed by atoms with Crippen LogP contribution < -0.4 is 5.32 Å². The number of rotatable bonds is 4. The van der Waals surface area contributed by atoms with Crippen LogP contribution >= 0.6 is 0 Å². The Morgan fingerprint density at radius 3 is 2.76 bits per heavy atom. The molecule has 0 bridgehead atoms. The van der Waals surface area contributed by atoms with Crippen LogP contribution in [0.3, 0.4) is 0 Å². The van der Waals surface area contributed by atoms with Crippen molar-refractivity contribution in [1.82, 2.24) is 5.32 Å². The lowest BCUT2D eigenvalue weighted by molar-refractivity contribution is -0.124. The van der Waals surface area contributed by atoms with Crippen LogP contribution in [0.4, 0.5) is 0 Å². The maximum absolute atomic E-state index is 12.0. The largest absolute Gasteiger partial charge is 0.352 e. The first-order chi connectivity index (χ1) is 8.19. The Kier molecular flexibility index (Phi) is 6.04. The summed E-state index contributed by atoms with van der Waals surface area (Å²) in [6.07, 6.45) is 7.54. The van der Waals surface area contributed by atoms with Crippen LogP contribution in [-0.4, -0.2) is 11.9 Å². The Hall–Kier alpha value is -1.04. The first-order valence-corrected chi connectivity index (χ1v) is 6.89. The van der Waals surface area contributed by atoms with E-state index in [1.165, 1.54) is 25.7 Å². The maximum Gasteiger partial charge on any atom is 0.237 e. The Balaban J connectivity index is 2.50. The minimum Gasteiger partial charge on any atom is -0.352 e. The summed E-state index contributed by atoms with van der Waals surface area (Å²) < 4.78 is 0. The highest BCUT2D eigenvalue weighted by Gasteiger charge is 2.24. The number of carbonyl (C=O) groups excluding carboxylic acids is 1. The Morgan fingerprint density at radius 2 is 2.12 bits per heavy atom.